The number of rotatable bonds is 9. The van der Waals surface area contributed by atoms with Gasteiger partial charge in [0.1, 0.15) is 0 Å². The molecule has 0 N–H and O–H groups in total. The van der Waals surface area contributed by atoms with Crippen molar-refractivity contribution in [2.24, 2.45) is 0 Å². The highest BCUT2D eigenvalue weighted by atomic mass is 28.3. The van der Waals surface area contributed by atoms with Gasteiger partial charge in [-0.3, -0.25) is 0 Å². The monoisotopic (exact) mass is 1010 g/mol. The van der Waals surface area contributed by atoms with Crippen molar-refractivity contribution >= 4 is 108 Å². The largest absolute Gasteiger partial charge is 0.311 e. The molecule has 1 aromatic heterocycles. The molecule has 11 aromatic rings. The summed E-state index contributed by atoms with van der Waals surface area (Å²) in [7, 11) is -2.89. The molecule has 0 radical (unpaired) electrons. The van der Waals surface area contributed by atoms with Gasteiger partial charge in [0, 0.05) is 50.6 Å². The number of para-hydroxylation sites is 2. The van der Waals surface area contributed by atoms with E-state index in [4.69, 9.17) is 0 Å². The minimum Gasteiger partial charge on any atom is -0.311 e. The summed E-state index contributed by atoms with van der Waals surface area (Å²) in [6.07, 6.45) is 13.3. The fourth-order valence-electron chi connectivity index (χ4n) is 14.8. The van der Waals surface area contributed by atoms with Crippen LogP contribution in [0, 0.1) is 0 Å². The minimum absolute atomic E-state index is 0.0234. The van der Waals surface area contributed by atoms with Crippen molar-refractivity contribution in [2.45, 2.75) is 76.0 Å². The van der Waals surface area contributed by atoms with Gasteiger partial charge in [0.2, 0.25) is 0 Å². The molecular formula is C72H62BN3Si. The number of hydrogen-bond acceptors (Lipinski definition) is 2. The zero-order valence-electron chi connectivity index (χ0n) is 43.7. The van der Waals surface area contributed by atoms with Crippen LogP contribution >= 0.6 is 0 Å². The van der Waals surface area contributed by atoms with Crippen LogP contribution in [0.2, 0.25) is 0 Å². The lowest BCUT2D eigenvalue weighted by molar-refractivity contribution is 0.444. The third kappa shape index (κ3) is 7.52. The van der Waals surface area contributed by atoms with Crippen molar-refractivity contribution in [3.63, 3.8) is 0 Å². The van der Waals surface area contributed by atoms with E-state index in [2.05, 4.69) is 257 Å². The molecule has 2 aliphatic carbocycles. The van der Waals surface area contributed by atoms with Gasteiger partial charge < -0.3 is 14.4 Å². The molecule has 10 aromatic carbocycles. The Bertz CT molecular complexity index is 3790. The standard InChI is InChI=1S/C72H62BN3Si/c1-8-23-51(24-9-1)53-39-45-66-62(47-53)63-48-54(52-25-10-2-11-26-52)40-46-67(63)76(66)57-41-43-64-70(49-57)74(55-27-12-3-13-28-55)68-37-22-38-69-72(68)73(64)65-44-42-61(50-71(65)75(69)56-29-14-4-15-30-56)77(58-31-16-5-17-32-58,59-33-18-6-19-34-59)60-35-20-7-21-36-60/h3-7,12-22,27-52H,1-2,8-11,23-26H2. The molecule has 0 amide bonds. The average Bonchev–Trinajstić information content (AvgIpc) is 3.90. The van der Waals surface area contributed by atoms with Gasteiger partial charge in [-0.1, -0.05) is 202 Å². The Hall–Kier alpha value is -8.12. The fraction of sp³-hybridized carbons (Fsp3) is 0.167. The van der Waals surface area contributed by atoms with Gasteiger partial charge >= 0.3 is 0 Å². The summed E-state index contributed by atoms with van der Waals surface area (Å²) < 4.78 is 2.59. The number of benzene rings is 10. The lowest BCUT2D eigenvalue weighted by Gasteiger charge is -2.45. The molecule has 15 rings (SSSR count). The van der Waals surface area contributed by atoms with Crippen LogP contribution in [0.3, 0.4) is 0 Å². The van der Waals surface area contributed by atoms with Crippen LogP contribution in [0.4, 0.5) is 34.1 Å². The van der Waals surface area contributed by atoms with E-state index in [1.54, 1.807) is 0 Å². The summed E-state index contributed by atoms with van der Waals surface area (Å²) in [5.41, 5.74) is 18.0. The predicted octanol–water partition coefficient (Wildman–Crippen LogP) is 14.3. The number of fused-ring (bicyclic) bond motifs is 7. The summed E-state index contributed by atoms with van der Waals surface area (Å²) in [6, 6.07) is 93.4. The maximum absolute atomic E-state index is 2.89. The van der Waals surface area contributed by atoms with Crippen LogP contribution in [-0.2, 0) is 0 Å². The molecule has 2 saturated carbocycles. The smallest absolute Gasteiger partial charge is 0.252 e. The molecule has 0 bridgehead atoms. The third-order valence-corrected chi connectivity index (χ3v) is 23.1. The first kappa shape index (κ1) is 46.2. The normalized spacial score (nSPS) is 15.6. The van der Waals surface area contributed by atoms with Crippen molar-refractivity contribution < 1.29 is 0 Å². The fourth-order valence-corrected chi connectivity index (χ4v) is 19.5. The summed E-state index contributed by atoms with van der Waals surface area (Å²) in [6.45, 7) is -0.0234. The first-order valence-corrected chi connectivity index (χ1v) is 30.6. The van der Waals surface area contributed by atoms with Crippen molar-refractivity contribution in [1.29, 1.82) is 0 Å². The summed E-state index contributed by atoms with van der Waals surface area (Å²) in [5.74, 6) is 1.28. The molecule has 4 aliphatic rings. The van der Waals surface area contributed by atoms with Gasteiger partial charge in [-0.05, 0) is 165 Å². The van der Waals surface area contributed by atoms with Crippen LogP contribution < -0.4 is 46.9 Å². The van der Waals surface area contributed by atoms with Crippen molar-refractivity contribution in [1.82, 2.24) is 4.57 Å². The van der Waals surface area contributed by atoms with E-state index in [-0.39, 0.29) is 6.71 Å². The Morgan fingerprint density at radius 1 is 0.325 bits per heavy atom. The van der Waals surface area contributed by atoms with Gasteiger partial charge in [-0.2, -0.15) is 0 Å². The second-order valence-corrected chi connectivity index (χ2v) is 26.2. The minimum atomic E-state index is -2.89. The Morgan fingerprint density at radius 2 is 0.753 bits per heavy atom. The van der Waals surface area contributed by atoms with Crippen LogP contribution in [0.5, 0.6) is 0 Å². The van der Waals surface area contributed by atoms with Crippen molar-refractivity contribution in [2.75, 3.05) is 9.80 Å². The lowest BCUT2D eigenvalue weighted by Crippen LogP contribution is -2.75. The Kier molecular flexibility index (Phi) is 11.5. The zero-order chi connectivity index (χ0) is 50.9. The average molecular weight is 1010 g/mol. The van der Waals surface area contributed by atoms with E-state index in [0.29, 0.717) is 11.8 Å². The molecule has 3 nitrogen and oxygen atoms in total. The Labute approximate surface area is 455 Å². The molecule has 2 fully saturated rings. The molecule has 0 saturated heterocycles. The van der Waals surface area contributed by atoms with Crippen LogP contribution in [0.25, 0.3) is 27.5 Å². The van der Waals surface area contributed by atoms with Crippen molar-refractivity contribution in [3.05, 3.63) is 254 Å². The number of hydrogen-bond donors (Lipinski definition) is 0. The van der Waals surface area contributed by atoms with E-state index in [9.17, 15) is 0 Å². The predicted molar refractivity (Wildman–Crippen MR) is 330 cm³/mol. The van der Waals surface area contributed by atoms with E-state index in [1.165, 1.54) is 163 Å². The van der Waals surface area contributed by atoms with Crippen LogP contribution in [0.15, 0.2) is 243 Å². The third-order valence-electron chi connectivity index (χ3n) is 18.3. The number of nitrogens with zero attached hydrogens (tertiary/aromatic N) is 3. The first-order chi connectivity index (χ1) is 38.2. The Morgan fingerprint density at radius 3 is 1.22 bits per heavy atom. The van der Waals surface area contributed by atoms with Crippen molar-refractivity contribution in [3.8, 4) is 5.69 Å². The molecule has 2 aliphatic heterocycles. The highest BCUT2D eigenvalue weighted by Crippen LogP contribution is 2.46. The van der Waals surface area contributed by atoms with Crippen LogP contribution in [0.1, 0.15) is 87.2 Å². The SMILES string of the molecule is c1ccc(N2c3cc(-n4c5ccc(C6CCCCC6)cc5c5cc(C6CCCCC6)ccc54)ccc3B3c4ccc([Si](c5ccccc5)(c5ccccc5)c5ccccc5)cc4N(c4ccccc4)c4cccc2c43)cc1. The second kappa shape index (κ2) is 19.2. The maximum Gasteiger partial charge on any atom is 0.252 e. The molecule has 77 heavy (non-hydrogen) atoms. The van der Waals surface area contributed by atoms with Gasteiger partial charge in [0.15, 0.2) is 8.07 Å². The first-order valence-electron chi connectivity index (χ1n) is 28.6. The quantitative estimate of drug-likeness (QED) is 0.105. The van der Waals surface area contributed by atoms with E-state index in [1.807, 2.05) is 0 Å². The molecule has 0 atom stereocenters. The maximum atomic E-state index is 2.60. The topological polar surface area (TPSA) is 11.4 Å². The molecule has 3 heterocycles. The molecule has 0 spiro atoms. The summed E-state index contributed by atoms with van der Waals surface area (Å²) >= 11 is 0. The molecule has 0 unspecified atom stereocenters. The Balaban J connectivity index is 0.973. The molecule has 372 valence electrons. The van der Waals surface area contributed by atoms with E-state index < -0.39 is 8.07 Å². The summed E-state index contributed by atoms with van der Waals surface area (Å²) in [5, 5.41) is 8.27. The molecular weight excluding hydrogens is 946 g/mol. The van der Waals surface area contributed by atoms with E-state index >= 15 is 0 Å². The highest BCUT2D eigenvalue weighted by molar-refractivity contribution is 7.20. The second-order valence-electron chi connectivity index (χ2n) is 22.4. The van der Waals surface area contributed by atoms with Gasteiger partial charge in [-0.15, -0.1) is 0 Å². The lowest BCUT2D eigenvalue weighted by atomic mass is 9.33. The van der Waals surface area contributed by atoms with Gasteiger partial charge in [0.25, 0.3) is 6.71 Å². The van der Waals surface area contributed by atoms with Gasteiger partial charge in [0.05, 0.1) is 11.0 Å². The number of aromatic nitrogens is 1. The zero-order valence-corrected chi connectivity index (χ0v) is 44.7. The number of anilines is 6. The highest BCUT2D eigenvalue weighted by Gasteiger charge is 2.46. The van der Waals surface area contributed by atoms with Gasteiger partial charge in [-0.25, -0.2) is 0 Å². The molecule has 5 heteroatoms. The summed E-state index contributed by atoms with van der Waals surface area (Å²) in [4.78, 5) is 5.13. The van der Waals surface area contributed by atoms with E-state index in [0.717, 1.165) is 11.4 Å². The van der Waals surface area contributed by atoms with Crippen LogP contribution in [-0.4, -0.2) is 19.4 Å².